The van der Waals surface area contributed by atoms with Crippen molar-refractivity contribution in [1.29, 1.82) is 0 Å². The standard InChI is InChI=1S/C19H26N2O4/c1-24-16-11-14(5-6-15(16)25-12-17(20)22)18(23)21-10-9-19(13-21)7-3-2-4-8-19/h5-6,11H,2-4,7-10,12-13H2,1H3,(H2,20,22). The smallest absolute Gasteiger partial charge is 0.255 e. The van der Waals surface area contributed by atoms with E-state index in [9.17, 15) is 9.59 Å². The van der Waals surface area contributed by atoms with Gasteiger partial charge in [-0.25, -0.2) is 0 Å². The van der Waals surface area contributed by atoms with Gasteiger partial charge in [0.1, 0.15) is 0 Å². The highest BCUT2D eigenvalue weighted by molar-refractivity contribution is 5.95. The van der Waals surface area contributed by atoms with E-state index < -0.39 is 5.91 Å². The number of hydrogen-bond acceptors (Lipinski definition) is 4. The number of ether oxygens (including phenoxy) is 2. The van der Waals surface area contributed by atoms with Crippen molar-refractivity contribution >= 4 is 11.8 Å². The minimum absolute atomic E-state index is 0.0298. The normalized spacial score (nSPS) is 19.0. The first-order chi connectivity index (χ1) is 12.0. The van der Waals surface area contributed by atoms with Crippen LogP contribution < -0.4 is 15.2 Å². The molecule has 0 radical (unpaired) electrons. The Kier molecular flexibility index (Phi) is 5.16. The molecule has 0 aromatic heterocycles. The van der Waals surface area contributed by atoms with Crippen LogP contribution in [0.15, 0.2) is 18.2 Å². The van der Waals surface area contributed by atoms with Gasteiger partial charge in [0.25, 0.3) is 11.8 Å². The van der Waals surface area contributed by atoms with Gasteiger partial charge in [-0.1, -0.05) is 19.3 Å². The molecule has 0 atom stereocenters. The summed E-state index contributed by atoms with van der Waals surface area (Å²) in [6.45, 7) is 1.45. The summed E-state index contributed by atoms with van der Waals surface area (Å²) >= 11 is 0. The van der Waals surface area contributed by atoms with Gasteiger partial charge in [0.2, 0.25) is 0 Å². The Morgan fingerprint density at radius 3 is 2.60 bits per heavy atom. The van der Waals surface area contributed by atoms with Gasteiger partial charge in [0.05, 0.1) is 7.11 Å². The highest BCUT2D eigenvalue weighted by Gasteiger charge is 2.40. The summed E-state index contributed by atoms with van der Waals surface area (Å²) in [6, 6.07) is 5.04. The lowest BCUT2D eigenvalue weighted by Gasteiger charge is -2.33. The summed E-state index contributed by atoms with van der Waals surface area (Å²) in [5.41, 5.74) is 6.01. The molecule has 1 saturated heterocycles. The number of nitrogens with zero attached hydrogens (tertiary/aromatic N) is 1. The van der Waals surface area contributed by atoms with E-state index in [2.05, 4.69) is 0 Å². The third kappa shape index (κ3) is 3.89. The van der Waals surface area contributed by atoms with Gasteiger partial charge >= 0.3 is 0 Å². The molecule has 2 N–H and O–H groups in total. The molecule has 1 saturated carbocycles. The zero-order valence-corrected chi connectivity index (χ0v) is 14.8. The molecule has 1 aromatic rings. The Labute approximate surface area is 148 Å². The number of methoxy groups -OCH3 is 1. The molecule has 3 rings (SSSR count). The summed E-state index contributed by atoms with van der Waals surface area (Å²) < 4.78 is 10.6. The molecule has 1 aliphatic carbocycles. The number of benzene rings is 1. The molecule has 1 heterocycles. The monoisotopic (exact) mass is 346 g/mol. The molecular weight excluding hydrogens is 320 g/mol. The summed E-state index contributed by atoms with van der Waals surface area (Å²) in [7, 11) is 1.51. The maximum absolute atomic E-state index is 12.9. The Morgan fingerprint density at radius 1 is 1.16 bits per heavy atom. The summed E-state index contributed by atoms with van der Waals surface area (Å²) in [5.74, 6) is 0.306. The van der Waals surface area contributed by atoms with E-state index in [0.29, 0.717) is 22.5 Å². The number of nitrogens with two attached hydrogens (primary N) is 1. The predicted molar refractivity (Wildman–Crippen MR) is 93.7 cm³/mol. The third-order valence-corrected chi connectivity index (χ3v) is 5.42. The molecule has 136 valence electrons. The zero-order chi connectivity index (χ0) is 17.9. The topological polar surface area (TPSA) is 81.9 Å². The fourth-order valence-electron chi connectivity index (χ4n) is 4.07. The van der Waals surface area contributed by atoms with Crippen LogP contribution in [0.25, 0.3) is 0 Å². The lowest BCUT2D eigenvalue weighted by atomic mass is 9.73. The van der Waals surface area contributed by atoms with Crippen LogP contribution in [0.5, 0.6) is 11.5 Å². The van der Waals surface area contributed by atoms with Crippen molar-refractivity contribution in [2.75, 3.05) is 26.8 Å². The van der Waals surface area contributed by atoms with Crippen LogP contribution >= 0.6 is 0 Å². The molecule has 1 spiro atoms. The van der Waals surface area contributed by atoms with Crippen molar-refractivity contribution in [2.24, 2.45) is 11.1 Å². The first kappa shape index (κ1) is 17.6. The lowest BCUT2D eigenvalue weighted by molar-refractivity contribution is -0.119. The average Bonchev–Trinajstić information content (AvgIpc) is 3.03. The van der Waals surface area contributed by atoms with Crippen molar-refractivity contribution < 1.29 is 19.1 Å². The molecule has 2 fully saturated rings. The minimum Gasteiger partial charge on any atom is -0.493 e. The van der Waals surface area contributed by atoms with Crippen LogP contribution in [0.3, 0.4) is 0 Å². The molecular formula is C19H26N2O4. The number of carbonyl (C=O) groups is 2. The fourth-order valence-corrected chi connectivity index (χ4v) is 4.07. The number of primary amides is 1. The van der Waals surface area contributed by atoms with E-state index in [1.165, 1.54) is 39.2 Å². The molecule has 1 aliphatic heterocycles. The quantitative estimate of drug-likeness (QED) is 0.887. The largest absolute Gasteiger partial charge is 0.493 e. The van der Waals surface area contributed by atoms with Crippen LogP contribution in [-0.4, -0.2) is 43.5 Å². The third-order valence-electron chi connectivity index (χ3n) is 5.42. The molecule has 1 aromatic carbocycles. The van der Waals surface area contributed by atoms with Crippen LogP contribution in [0.4, 0.5) is 0 Å². The van der Waals surface area contributed by atoms with Crippen LogP contribution in [-0.2, 0) is 4.79 Å². The Morgan fingerprint density at radius 2 is 1.92 bits per heavy atom. The first-order valence-electron chi connectivity index (χ1n) is 8.91. The van der Waals surface area contributed by atoms with E-state index in [1.54, 1.807) is 18.2 Å². The fraction of sp³-hybridized carbons (Fsp3) is 0.579. The Hall–Kier alpha value is -2.24. The molecule has 6 heteroatoms. The number of likely N-dealkylation sites (tertiary alicyclic amines) is 1. The summed E-state index contributed by atoms with van der Waals surface area (Å²) in [4.78, 5) is 25.7. The predicted octanol–water partition coefficient (Wildman–Crippen LogP) is 2.36. The molecule has 0 bridgehead atoms. The van der Waals surface area contributed by atoms with Gasteiger partial charge in [0.15, 0.2) is 18.1 Å². The van der Waals surface area contributed by atoms with E-state index in [4.69, 9.17) is 15.2 Å². The molecule has 0 unspecified atom stereocenters. The highest BCUT2D eigenvalue weighted by Crippen LogP contribution is 2.44. The summed E-state index contributed by atoms with van der Waals surface area (Å²) in [6.07, 6.45) is 7.46. The van der Waals surface area contributed by atoms with Gasteiger partial charge < -0.3 is 20.1 Å². The van der Waals surface area contributed by atoms with E-state index >= 15 is 0 Å². The number of carbonyl (C=O) groups excluding carboxylic acids is 2. The minimum atomic E-state index is -0.558. The van der Waals surface area contributed by atoms with Crippen molar-refractivity contribution in [3.63, 3.8) is 0 Å². The molecule has 25 heavy (non-hydrogen) atoms. The van der Waals surface area contributed by atoms with Gasteiger partial charge in [-0.15, -0.1) is 0 Å². The number of hydrogen-bond donors (Lipinski definition) is 1. The second-order valence-electron chi connectivity index (χ2n) is 7.16. The van der Waals surface area contributed by atoms with Gasteiger partial charge in [-0.2, -0.15) is 0 Å². The molecule has 2 aliphatic rings. The van der Waals surface area contributed by atoms with Gasteiger partial charge in [-0.05, 0) is 42.9 Å². The van der Waals surface area contributed by atoms with Crippen LogP contribution in [0.2, 0.25) is 0 Å². The van der Waals surface area contributed by atoms with E-state index in [1.807, 2.05) is 4.90 Å². The average molecular weight is 346 g/mol. The van der Waals surface area contributed by atoms with E-state index in [-0.39, 0.29) is 12.5 Å². The Bertz CT molecular complexity index is 653. The maximum Gasteiger partial charge on any atom is 0.255 e. The molecule has 6 nitrogen and oxygen atoms in total. The first-order valence-corrected chi connectivity index (χ1v) is 8.91. The number of rotatable bonds is 5. The maximum atomic E-state index is 12.9. The Balaban J connectivity index is 1.70. The summed E-state index contributed by atoms with van der Waals surface area (Å²) in [5, 5.41) is 0. The second kappa shape index (κ2) is 7.33. The molecule has 2 amide bonds. The van der Waals surface area contributed by atoms with Crippen molar-refractivity contribution in [3.05, 3.63) is 23.8 Å². The van der Waals surface area contributed by atoms with Crippen LogP contribution in [0, 0.1) is 5.41 Å². The van der Waals surface area contributed by atoms with Gasteiger partial charge in [0, 0.05) is 18.7 Å². The van der Waals surface area contributed by atoms with Crippen molar-refractivity contribution in [1.82, 2.24) is 4.90 Å². The van der Waals surface area contributed by atoms with Gasteiger partial charge in [-0.3, -0.25) is 9.59 Å². The zero-order valence-electron chi connectivity index (χ0n) is 14.8. The van der Waals surface area contributed by atoms with E-state index in [0.717, 1.165) is 19.5 Å². The number of amides is 2. The SMILES string of the molecule is COc1cc(C(=O)N2CCC3(CCCCC3)C2)ccc1OCC(N)=O. The van der Waals surface area contributed by atoms with Crippen molar-refractivity contribution in [3.8, 4) is 11.5 Å². The van der Waals surface area contributed by atoms with Crippen molar-refractivity contribution in [2.45, 2.75) is 38.5 Å². The highest BCUT2D eigenvalue weighted by atomic mass is 16.5. The van der Waals surface area contributed by atoms with Crippen LogP contribution in [0.1, 0.15) is 48.9 Å². The lowest BCUT2D eigenvalue weighted by Crippen LogP contribution is -2.33. The second-order valence-corrected chi connectivity index (χ2v) is 7.16.